The smallest absolute Gasteiger partial charge is 0.308 e. The molecular weight excluding hydrogens is 158 g/mol. The van der Waals surface area contributed by atoms with E-state index >= 15 is 0 Å². The molecule has 0 aromatic heterocycles. The fraction of sp³-hybridized carbons (Fsp3) is 0.875. The number of ether oxygens (including phenoxy) is 2. The average Bonchev–Trinajstić information content (AvgIpc) is 2.04. The molecule has 0 saturated carbocycles. The number of methoxy groups -OCH3 is 1. The Hall–Kier alpha value is -0.610. The number of likely N-dealkylation sites (N-methyl/N-ethyl adjacent to an activating group) is 1. The molecule has 0 aliphatic heterocycles. The molecule has 0 rings (SSSR count). The van der Waals surface area contributed by atoms with Crippen molar-refractivity contribution in [1.82, 2.24) is 5.32 Å². The number of esters is 1. The maximum Gasteiger partial charge on any atom is 0.308 e. The first kappa shape index (κ1) is 11.4. The van der Waals surface area contributed by atoms with Crippen LogP contribution < -0.4 is 5.32 Å². The van der Waals surface area contributed by atoms with Crippen molar-refractivity contribution in [3.63, 3.8) is 0 Å². The molecule has 0 aliphatic rings. The standard InChI is InChI=1S/C8H17NO3/c1-4-12-8(10)5-7(11-3)6-9-2/h7,9H,4-6H2,1-3H3. The first-order valence-corrected chi connectivity index (χ1v) is 4.07. The van der Waals surface area contributed by atoms with Crippen molar-refractivity contribution in [2.24, 2.45) is 0 Å². The molecule has 0 heterocycles. The molecule has 1 unspecified atom stereocenters. The summed E-state index contributed by atoms with van der Waals surface area (Å²) in [7, 11) is 3.40. The van der Waals surface area contributed by atoms with E-state index in [4.69, 9.17) is 9.47 Å². The molecule has 0 spiro atoms. The van der Waals surface area contributed by atoms with Crippen molar-refractivity contribution < 1.29 is 14.3 Å². The molecular formula is C8H17NO3. The van der Waals surface area contributed by atoms with Crippen LogP contribution in [0.3, 0.4) is 0 Å². The van der Waals surface area contributed by atoms with Gasteiger partial charge in [-0.25, -0.2) is 0 Å². The van der Waals surface area contributed by atoms with Crippen molar-refractivity contribution in [3.8, 4) is 0 Å². The van der Waals surface area contributed by atoms with E-state index in [0.29, 0.717) is 19.6 Å². The van der Waals surface area contributed by atoms with E-state index < -0.39 is 0 Å². The van der Waals surface area contributed by atoms with E-state index in [1.807, 2.05) is 7.05 Å². The second-order valence-corrected chi connectivity index (χ2v) is 2.42. The molecule has 0 aliphatic carbocycles. The van der Waals surface area contributed by atoms with Crippen LogP contribution in [0.15, 0.2) is 0 Å². The Balaban J connectivity index is 3.61. The van der Waals surface area contributed by atoms with Crippen molar-refractivity contribution in [2.45, 2.75) is 19.4 Å². The Kier molecular flexibility index (Phi) is 6.70. The maximum atomic E-state index is 11.0. The van der Waals surface area contributed by atoms with Gasteiger partial charge in [0.15, 0.2) is 0 Å². The molecule has 0 bridgehead atoms. The number of carbonyl (C=O) groups is 1. The summed E-state index contributed by atoms with van der Waals surface area (Å²) in [6, 6.07) is 0. The Labute approximate surface area is 73.2 Å². The minimum atomic E-state index is -0.209. The van der Waals surface area contributed by atoms with E-state index in [1.54, 1.807) is 14.0 Å². The molecule has 12 heavy (non-hydrogen) atoms. The van der Waals surface area contributed by atoms with Crippen molar-refractivity contribution in [2.75, 3.05) is 27.3 Å². The van der Waals surface area contributed by atoms with Crippen molar-refractivity contribution >= 4 is 5.97 Å². The van der Waals surface area contributed by atoms with Crippen LogP contribution in [-0.4, -0.2) is 39.4 Å². The molecule has 0 saturated heterocycles. The summed E-state index contributed by atoms with van der Waals surface area (Å²) in [4.78, 5) is 11.0. The number of rotatable bonds is 6. The van der Waals surface area contributed by atoms with E-state index in [2.05, 4.69) is 5.32 Å². The van der Waals surface area contributed by atoms with Gasteiger partial charge in [0.2, 0.25) is 0 Å². The predicted octanol–water partition coefficient (Wildman–Crippen LogP) is 0.174. The Morgan fingerprint density at radius 1 is 1.58 bits per heavy atom. The highest BCUT2D eigenvalue weighted by Crippen LogP contribution is 1.97. The van der Waals surface area contributed by atoms with E-state index in [9.17, 15) is 4.79 Å². The third-order valence-corrected chi connectivity index (χ3v) is 1.46. The fourth-order valence-electron chi connectivity index (χ4n) is 0.872. The quantitative estimate of drug-likeness (QED) is 0.585. The third kappa shape index (κ3) is 5.09. The van der Waals surface area contributed by atoms with Gasteiger partial charge >= 0.3 is 5.97 Å². The van der Waals surface area contributed by atoms with Gasteiger partial charge in [-0.2, -0.15) is 0 Å². The number of hydrogen-bond donors (Lipinski definition) is 1. The normalized spacial score (nSPS) is 12.6. The zero-order valence-corrected chi connectivity index (χ0v) is 7.92. The van der Waals surface area contributed by atoms with Crippen molar-refractivity contribution in [3.05, 3.63) is 0 Å². The highest BCUT2D eigenvalue weighted by atomic mass is 16.5. The molecule has 0 radical (unpaired) electrons. The zero-order valence-electron chi connectivity index (χ0n) is 7.92. The van der Waals surface area contributed by atoms with Gasteiger partial charge in [0.05, 0.1) is 19.1 Å². The van der Waals surface area contributed by atoms with Gasteiger partial charge in [-0.15, -0.1) is 0 Å². The van der Waals surface area contributed by atoms with Gasteiger partial charge in [0.1, 0.15) is 0 Å². The molecule has 0 aromatic rings. The van der Waals surface area contributed by atoms with Crippen LogP contribution in [0.25, 0.3) is 0 Å². The van der Waals surface area contributed by atoms with Gasteiger partial charge in [-0.3, -0.25) is 4.79 Å². The van der Waals surface area contributed by atoms with Gasteiger partial charge < -0.3 is 14.8 Å². The number of nitrogens with one attached hydrogen (secondary N) is 1. The first-order chi connectivity index (χ1) is 5.74. The van der Waals surface area contributed by atoms with Gasteiger partial charge in [-0.05, 0) is 14.0 Å². The number of carbonyl (C=O) groups excluding carboxylic acids is 1. The molecule has 0 amide bonds. The highest BCUT2D eigenvalue weighted by molar-refractivity contribution is 5.69. The Bertz CT molecular complexity index is 127. The second-order valence-electron chi connectivity index (χ2n) is 2.42. The summed E-state index contributed by atoms with van der Waals surface area (Å²) in [6.45, 7) is 2.88. The lowest BCUT2D eigenvalue weighted by atomic mass is 10.2. The zero-order chi connectivity index (χ0) is 9.40. The monoisotopic (exact) mass is 175 g/mol. The lowest BCUT2D eigenvalue weighted by Gasteiger charge is -2.13. The summed E-state index contributed by atoms with van der Waals surface area (Å²) in [6.07, 6.45) is 0.222. The average molecular weight is 175 g/mol. The van der Waals surface area contributed by atoms with Crippen molar-refractivity contribution in [1.29, 1.82) is 0 Å². The Morgan fingerprint density at radius 2 is 2.25 bits per heavy atom. The Morgan fingerprint density at radius 3 is 2.67 bits per heavy atom. The van der Waals surface area contributed by atoms with Crippen LogP contribution in [-0.2, 0) is 14.3 Å². The van der Waals surface area contributed by atoms with Crippen LogP contribution in [0.1, 0.15) is 13.3 Å². The summed E-state index contributed by atoms with van der Waals surface area (Å²) >= 11 is 0. The molecule has 1 atom stereocenters. The number of hydrogen-bond acceptors (Lipinski definition) is 4. The van der Waals surface area contributed by atoms with E-state index in [-0.39, 0.29) is 12.1 Å². The predicted molar refractivity (Wildman–Crippen MR) is 46.0 cm³/mol. The summed E-state index contributed by atoms with van der Waals surface area (Å²) in [5.74, 6) is -0.209. The van der Waals surface area contributed by atoms with Crippen LogP contribution in [0.2, 0.25) is 0 Å². The SMILES string of the molecule is CCOC(=O)CC(CNC)OC. The largest absolute Gasteiger partial charge is 0.466 e. The van der Waals surface area contributed by atoms with Crippen LogP contribution in [0.5, 0.6) is 0 Å². The fourth-order valence-corrected chi connectivity index (χ4v) is 0.872. The summed E-state index contributed by atoms with van der Waals surface area (Å²) in [5.41, 5.74) is 0. The van der Waals surface area contributed by atoms with Crippen LogP contribution >= 0.6 is 0 Å². The highest BCUT2D eigenvalue weighted by Gasteiger charge is 2.12. The molecule has 0 aromatic carbocycles. The molecule has 0 fully saturated rings. The maximum absolute atomic E-state index is 11.0. The summed E-state index contributed by atoms with van der Waals surface area (Å²) < 4.78 is 9.82. The third-order valence-electron chi connectivity index (χ3n) is 1.46. The second kappa shape index (κ2) is 7.06. The molecule has 72 valence electrons. The molecule has 4 nitrogen and oxygen atoms in total. The van der Waals surface area contributed by atoms with Gasteiger partial charge in [-0.1, -0.05) is 0 Å². The minimum absolute atomic E-state index is 0.0888. The van der Waals surface area contributed by atoms with E-state index in [1.165, 1.54) is 0 Å². The minimum Gasteiger partial charge on any atom is -0.466 e. The topological polar surface area (TPSA) is 47.6 Å². The van der Waals surface area contributed by atoms with Crippen LogP contribution in [0, 0.1) is 0 Å². The van der Waals surface area contributed by atoms with E-state index in [0.717, 1.165) is 0 Å². The van der Waals surface area contributed by atoms with Gasteiger partial charge in [0, 0.05) is 13.7 Å². The lowest BCUT2D eigenvalue weighted by molar-refractivity contribution is -0.145. The lowest BCUT2D eigenvalue weighted by Crippen LogP contribution is -2.28. The first-order valence-electron chi connectivity index (χ1n) is 4.07. The molecule has 1 N–H and O–H groups in total. The van der Waals surface area contributed by atoms with Gasteiger partial charge in [0.25, 0.3) is 0 Å². The van der Waals surface area contributed by atoms with Crippen LogP contribution in [0.4, 0.5) is 0 Å². The molecule has 4 heteroatoms. The summed E-state index contributed by atoms with van der Waals surface area (Å²) in [5, 5.41) is 2.93.